The minimum Gasteiger partial charge on any atom is -0.493 e. The van der Waals surface area contributed by atoms with Crippen LogP contribution < -0.4 is 15.2 Å². The molecule has 0 spiro atoms. The van der Waals surface area contributed by atoms with Crippen LogP contribution in [0.2, 0.25) is 0 Å². The van der Waals surface area contributed by atoms with Crippen molar-refractivity contribution < 1.29 is 18.3 Å². The SMILES string of the molecule is COc1cc(CSc2n[nH]c(N)n2)ccc1OC(F)F. The number of halogens is 2. The van der Waals surface area contributed by atoms with Crippen molar-refractivity contribution in [2.45, 2.75) is 17.5 Å². The lowest BCUT2D eigenvalue weighted by Gasteiger charge is -2.10. The Kier molecular flexibility index (Phi) is 4.61. The van der Waals surface area contributed by atoms with Gasteiger partial charge in [0.15, 0.2) is 11.5 Å². The van der Waals surface area contributed by atoms with Crippen LogP contribution in [-0.2, 0) is 5.75 Å². The molecule has 2 rings (SSSR count). The number of hydrogen-bond donors (Lipinski definition) is 2. The molecule has 108 valence electrons. The highest BCUT2D eigenvalue weighted by molar-refractivity contribution is 7.98. The lowest BCUT2D eigenvalue weighted by molar-refractivity contribution is -0.0512. The molecule has 0 fully saturated rings. The molecule has 0 aliphatic heterocycles. The van der Waals surface area contributed by atoms with E-state index >= 15 is 0 Å². The van der Waals surface area contributed by atoms with Gasteiger partial charge in [-0.1, -0.05) is 17.8 Å². The zero-order valence-corrected chi connectivity index (χ0v) is 11.3. The van der Waals surface area contributed by atoms with Gasteiger partial charge in [0, 0.05) is 5.75 Å². The first-order valence-electron chi connectivity index (χ1n) is 5.51. The van der Waals surface area contributed by atoms with Crippen LogP contribution in [0.1, 0.15) is 5.56 Å². The van der Waals surface area contributed by atoms with Crippen LogP contribution in [0.4, 0.5) is 14.7 Å². The van der Waals surface area contributed by atoms with E-state index < -0.39 is 6.61 Å². The Hall–Kier alpha value is -2.03. The lowest BCUT2D eigenvalue weighted by Crippen LogP contribution is -2.03. The fraction of sp³-hybridized carbons (Fsp3) is 0.273. The van der Waals surface area contributed by atoms with Crippen LogP contribution in [0.25, 0.3) is 0 Å². The van der Waals surface area contributed by atoms with Gasteiger partial charge in [-0.15, -0.1) is 5.10 Å². The highest BCUT2D eigenvalue weighted by atomic mass is 32.2. The second kappa shape index (κ2) is 6.42. The molecule has 0 atom stereocenters. The molecule has 9 heteroatoms. The highest BCUT2D eigenvalue weighted by Gasteiger charge is 2.11. The number of nitrogens with zero attached hydrogens (tertiary/aromatic N) is 2. The van der Waals surface area contributed by atoms with Gasteiger partial charge in [0.1, 0.15) is 0 Å². The molecule has 6 nitrogen and oxygen atoms in total. The van der Waals surface area contributed by atoms with E-state index in [2.05, 4.69) is 19.9 Å². The standard InChI is InChI=1S/C11H12F2N4O2S/c1-18-8-4-6(2-3-7(8)19-9(12)13)5-20-11-15-10(14)16-17-11/h2-4,9H,5H2,1H3,(H3,14,15,16,17). The fourth-order valence-corrected chi connectivity index (χ4v) is 2.21. The Labute approximate surface area is 117 Å². The molecule has 3 N–H and O–H groups in total. The molecule has 0 unspecified atom stereocenters. The molecule has 0 saturated heterocycles. The van der Waals surface area contributed by atoms with Gasteiger partial charge in [0.05, 0.1) is 7.11 Å². The molecule has 0 radical (unpaired) electrons. The molecule has 0 saturated carbocycles. The molecular formula is C11H12F2N4O2S. The molecule has 1 heterocycles. The largest absolute Gasteiger partial charge is 0.493 e. The van der Waals surface area contributed by atoms with Gasteiger partial charge in [0.25, 0.3) is 0 Å². The number of benzene rings is 1. The Morgan fingerprint density at radius 3 is 2.80 bits per heavy atom. The number of ether oxygens (including phenoxy) is 2. The number of alkyl halides is 2. The summed E-state index contributed by atoms with van der Waals surface area (Å²) in [4.78, 5) is 3.94. The summed E-state index contributed by atoms with van der Waals surface area (Å²) in [5, 5.41) is 6.91. The van der Waals surface area contributed by atoms with E-state index in [4.69, 9.17) is 10.5 Å². The zero-order valence-electron chi connectivity index (χ0n) is 10.5. The van der Waals surface area contributed by atoms with E-state index in [9.17, 15) is 8.78 Å². The highest BCUT2D eigenvalue weighted by Crippen LogP contribution is 2.31. The van der Waals surface area contributed by atoms with E-state index in [0.29, 0.717) is 10.9 Å². The van der Waals surface area contributed by atoms with E-state index in [1.807, 2.05) is 0 Å². The van der Waals surface area contributed by atoms with Crippen molar-refractivity contribution in [3.63, 3.8) is 0 Å². The van der Waals surface area contributed by atoms with Gasteiger partial charge in [-0.25, -0.2) is 5.10 Å². The summed E-state index contributed by atoms with van der Waals surface area (Å²) in [6.45, 7) is -2.89. The average molecular weight is 302 g/mol. The number of nitrogens with two attached hydrogens (primary N) is 1. The molecule has 1 aromatic carbocycles. The van der Waals surface area contributed by atoms with Crippen LogP contribution in [-0.4, -0.2) is 28.9 Å². The molecule has 0 bridgehead atoms. The van der Waals surface area contributed by atoms with Crippen molar-refractivity contribution in [3.05, 3.63) is 23.8 Å². The predicted molar refractivity (Wildman–Crippen MR) is 70.0 cm³/mol. The second-order valence-corrected chi connectivity index (χ2v) is 4.60. The maximum Gasteiger partial charge on any atom is 0.387 e. The molecule has 0 aliphatic carbocycles. The third kappa shape index (κ3) is 3.73. The first-order chi connectivity index (χ1) is 9.58. The predicted octanol–water partition coefficient (Wildman–Crippen LogP) is 2.29. The monoisotopic (exact) mass is 302 g/mol. The van der Waals surface area contributed by atoms with Crippen LogP contribution in [0.15, 0.2) is 23.4 Å². The maximum absolute atomic E-state index is 12.2. The summed E-state index contributed by atoms with van der Waals surface area (Å²) in [5.41, 5.74) is 6.27. The number of nitrogens with one attached hydrogen (secondary N) is 1. The third-order valence-electron chi connectivity index (χ3n) is 2.29. The number of H-pyrrole nitrogens is 1. The Morgan fingerprint density at radius 2 is 2.20 bits per heavy atom. The maximum atomic E-state index is 12.2. The topological polar surface area (TPSA) is 86.0 Å². The van der Waals surface area contributed by atoms with Crippen LogP contribution >= 0.6 is 11.8 Å². The third-order valence-corrected chi connectivity index (χ3v) is 3.21. The Balaban J connectivity index is 2.05. The molecular weight excluding hydrogens is 290 g/mol. The number of hydrogen-bond acceptors (Lipinski definition) is 6. The van der Waals surface area contributed by atoms with Crippen molar-refractivity contribution in [2.24, 2.45) is 0 Å². The summed E-state index contributed by atoms with van der Waals surface area (Å²) < 4.78 is 33.8. The number of rotatable bonds is 6. The van der Waals surface area contributed by atoms with E-state index in [1.54, 1.807) is 12.1 Å². The number of nitrogen functional groups attached to an aromatic ring is 1. The molecule has 0 amide bonds. The van der Waals surface area contributed by atoms with Gasteiger partial charge in [0.2, 0.25) is 11.1 Å². The van der Waals surface area contributed by atoms with Gasteiger partial charge >= 0.3 is 6.61 Å². The first kappa shape index (κ1) is 14.4. The van der Waals surface area contributed by atoms with Crippen molar-refractivity contribution in [1.29, 1.82) is 0 Å². The van der Waals surface area contributed by atoms with Crippen LogP contribution in [0.3, 0.4) is 0 Å². The van der Waals surface area contributed by atoms with E-state index in [-0.39, 0.29) is 17.4 Å². The number of aromatic nitrogens is 3. The second-order valence-electron chi connectivity index (χ2n) is 3.66. The fourth-order valence-electron chi connectivity index (χ4n) is 1.47. The van der Waals surface area contributed by atoms with Gasteiger partial charge in [-0.05, 0) is 17.7 Å². The Bertz CT molecular complexity index is 579. The summed E-state index contributed by atoms with van der Waals surface area (Å²) in [6, 6.07) is 4.73. The van der Waals surface area contributed by atoms with E-state index in [0.717, 1.165) is 5.56 Å². The number of anilines is 1. The normalized spacial score (nSPS) is 10.8. The lowest BCUT2D eigenvalue weighted by atomic mass is 10.2. The summed E-state index contributed by atoms with van der Waals surface area (Å²) in [7, 11) is 1.39. The minimum absolute atomic E-state index is 0.00149. The summed E-state index contributed by atoms with van der Waals surface area (Å²) >= 11 is 1.36. The first-order valence-corrected chi connectivity index (χ1v) is 6.49. The molecule has 2 aromatic rings. The van der Waals surface area contributed by atoms with Crippen molar-refractivity contribution in [3.8, 4) is 11.5 Å². The number of thioether (sulfide) groups is 1. The molecule has 0 aliphatic rings. The van der Waals surface area contributed by atoms with Gasteiger partial charge in [-0.3, -0.25) is 0 Å². The van der Waals surface area contributed by atoms with Crippen molar-refractivity contribution in [2.75, 3.05) is 12.8 Å². The van der Waals surface area contributed by atoms with Crippen LogP contribution in [0.5, 0.6) is 11.5 Å². The zero-order chi connectivity index (χ0) is 14.5. The Morgan fingerprint density at radius 1 is 1.40 bits per heavy atom. The quantitative estimate of drug-likeness (QED) is 0.796. The molecule has 20 heavy (non-hydrogen) atoms. The minimum atomic E-state index is -2.89. The summed E-state index contributed by atoms with van der Waals surface area (Å²) in [6.07, 6.45) is 0. The van der Waals surface area contributed by atoms with E-state index in [1.165, 1.54) is 24.9 Å². The average Bonchev–Trinajstić information content (AvgIpc) is 2.83. The van der Waals surface area contributed by atoms with Crippen molar-refractivity contribution >= 4 is 17.7 Å². The van der Waals surface area contributed by atoms with Gasteiger partial charge in [-0.2, -0.15) is 13.8 Å². The summed E-state index contributed by atoms with van der Waals surface area (Å²) in [5.74, 6) is 1.03. The van der Waals surface area contributed by atoms with Gasteiger partial charge < -0.3 is 15.2 Å². The number of methoxy groups -OCH3 is 1. The molecule has 1 aromatic heterocycles. The number of aromatic amines is 1. The smallest absolute Gasteiger partial charge is 0.387 e. The van der Waals surface area contributed by atoms with Crippen LogP contribution in [0, 0.1) is 0 Å². The van der Waals surface area contributed by atoms with Crippen molar-refractivity contribution in [1.82, 2.24) is 15.2 Å².